The van der Waals surface area contributed by atoms with Crippen LogP contribution in [0.15, 0.2) is 18.2 Å². The molecule has 0 aliphatic rings. The molecule has 1 heterocycles. The smallest absolute Gasteiger partial charge is 0.335 e. The van der Waals surface area contributed by atoms with E-state index >= 15 is 0 Å². The van der Waals surface area contributed by atoms with E-state index in [9.17, 15) is 4.79 Å². The minimum Gasteiger partial charge on any atom is -0.478 e. The molecule has 0 fully saturated rings. The van der Waals surface area contributed by atoms with E-state index in [1.54, 1.807) is 16.8 Å². The second-order valence-corrected chi connectivity index (χ2v) is 4.29. The lowest BCUT2D eigenvalue weighted by atomic mass is 10.2. The van der Waals surface area contributed by atoms with Gasteiger partial charge in [0.2, 0.25) is 0 Å². The summed E-state index contributed by atoms with van der Waals surface area (Å²) in [5, 5.41) is 16.9. The Balaban J connectivity index is 2.02. The summed E-state index contributed by atoms with van der Waals surface area (Å²) in [6.45, 7) is 4.08. The predicted molar refractivity (Wildman–Crippen MR) is 70.2 cm³/mol. The maximum atomic E-state index is 10.8. The number of carboxylic acid groups (broad SMARTS) is 1. The molecule has 1 aromatic heterocycles. The zero-order valence-corrected chi connectivity index (χ0v) is 10.9. The van der Waals surface area contributed by atoms with E-state index in [2.05, 4.69) is 17.2 Å². The van der Waals surface area contributed by atoms with Crippen molar-refractivity contribution in [3.8, 4) is 0 Å². The highest BCUT2D eigenvalue weighted by Gasteiger charge is 2.08. The number of rotatable bonds is 7. The van der Waals surface area contributed by atoms with Gasteiger partial charge in [0.25, 0.3) is 0 Å². The van der Waals surface area contributed by atoms with Crippen LogP contribution in [0, 0.1) is 0 Å². The van der Waals surface area contributed by atoms with Gasteiger partial charge in [0, 0.05) is 6.61 Å². The van der Waals surface area contributed by atoms with E-state index in [0.717, 1.165) is 25.0 Å². The van der Waals surface area contributed by atoms with Crippen LogP contribution in [0.25, 0.3) is 11.0 Å². The molecule has 19 heavy (non-hydrogen) atoms. The summed E-state index contributed by atoms with van der Waals surface area (Å²) in [7, 11) is 0. The van der Waals surface area contributed by atoms with Crippen molar-refractivity contribution >= 4 is 17.0 Å². The Labute approximate surface area is 111 Å². The average molecular weight is 263 g/mol. The number of carbonyl (C=O) groups is 1. The van der Waals surface area contributed by atoms with Crippen molar-refractivity contribution in [3.05, 3.63) is 23.8 Å². The van der Waals surface area contributed by atoms with E-state index in [-0.39, 0.29) is 5.56 Å². The van der Waals surface area contributed by atoms with Gasteiger partial charge in [-0.05, 0) is 24.6 Å². The van der Waals surface area contributed by atoms with E-state index in [1.165, 1.54) is 6.07 Å². The van der Waals surface area contributed by atoms with Gasteiger partial charge < -0.3 is 9.84 Å². The standard InChI is InChI=1S/C13H17N3O3/c1-2-3-7-19-8-6-16-12-5-4-10(13(17)18)9-11(12)14-15-16/h4-5,9H,2-3,6-8H2,1H3,(H,17,18). The third-order valence-electron chi connectivity index (χ3n) is 2.85. The van der Waals surface area contributed by atoms with Crippen molar-refractivity contribution in [1.29, 1.82) is 0 Å². The normalized spacial score (nSPS) is 11.0. The molecule has 0 saturated heterocycles. The fourth-order valence-electron chi connectivity index (χ4n) is 1.77. The fraction of sp³-hybridized carbons (Fsp3) is 0.462. The van der Waals surface area contributed by atoms with E-state index in [0.29, 0.717) is 18.7 Å². The molecule has 1 N–H and O–H groups in total. The Morgan fingerprint density at radius 2 is 2.26 bits per heavy atom. The maximum absolute atomic E-state index is 10.8. The van der Waals surface area contributed by atoms with Crippen molar-refractivity contribution in [2.45, 2.75) is 26.3 Å². The number of ether oxygens (including phenoxy) is 1. The van der Waals surface area contributed by atoms with Crippen molar-refractivity contribution in [2.24, 2.45) is 0 Å². The van der Waals surface area contributed by atoms with Crippen LogP contribution in [-0.2, 0) is 11.3 Å². The van der Waals surface area contributed by atoms with Gasteiger partial charge in [-0.15, -0.1) is 5.10 Å². The molecule has 6 nitrogen and oxygen atoms in total. The number of aromatic carboxylic acids is 1. The second kappa shape index (κ2) is 6.29. The molecule has 0 atom stereocenters. The highest BCUT2D eigenvalue weighted by atomic mass is 16.5. The second-order valence-electron chi connectivity index (χ2n) is 4.29. The highest BCUT2D eigenvalue weighted by Crippen LogP contribution is 2.13. The first kappa shape index (κ1) is 13.5. The van der Waals surface area contributed by atoms with Crippen molar-refractivity contribution in [1.82, 2.24) is 15.0 Å². The summed E-state index contributed by atoms with van der Waals surface area (Å²) in [5.74, 6) is -0.959. The fourth-order valence-corrected chi connectivity index (χ4v) is 1.77. The Kier molecular flexibility index (Phi) is 4.46. The molecule has 0 spiro atoms. The van der Waals surface area contributed by atoms with Gasteiger partial charge in [0.15, 0.2) is 0 Å². The molecule has 0 amide bonds. The van der Waals surface area contributed by atoms with Crippen LogP contribution in [0.1, 0.15) is 30.1 Å². The molecule has 0 aliphatic heterocycles. The number of hydrogen-bond donors (Lipinski definition) is 1. The monoisotopic (exact) mass is 263 g/mol. The minimum atomic E-state index is -0.959. The summed E-state index contributed by atoms with van der Waals surface area (Å²) in [6.07, 6.45) is 2.17. The van der Waals surface area contributed by atoms with Crippen LogP contribution in [-0.4, -0.2) is 39.3 Å². The zero-order valence-electron chi connectivity index (χ0n) is 10.9. The number of nitrogens with zero attached hydrogens (tertiary/aromatic N) is 3. The SMILES string of the molecule is CCCCOCCn1nnc2cc(C(=O)O)ccc21. The molecule has 0 saturated carbocycles. The van der Waals surface area contributed by atoms with Gasteiger partial charge in [-0.2, -0.15) is 0 Å². The predicted octanol–water partition coefficient (Wildman–Crippen LogP) is 1.95. The molecule has 102 valence electrons. The molecule has 2 aromatic rings. The molecular formula is C13H17N3O3. The lowest BCUT2D eigenvalue weighted by Crippen LogP contribution is -2.08. The number of fused-ring (bicyclic) bond motifs is 1. The zero-order chi connectivity index (χ0) is 13.7. The largest absolute Gasteiger partial charge is 0.478 e. The Hall–Kier alpha value is -1.95. The molecule has 0 unspecified atom stereocenters. The quantitative estimate of drug-likeness (QED) is 0.772. The van der Waals surface area contributed by atoms with Gasteiger partial charge in [-0.3, -0.25) is 0 Å². The van der Waals surface area contributed by atoms with E-state index in [1.807, 2.05) is 0 Å². The summed E-state index contributed by atoms with van der Waals surface area (Å²) < 4.78 is 7.20. The van der Waals surface area contributed by atoms with Gasteiger partial charge in [-0.1, -0.05) is 18.6 Å². The number of carboxylic acids is 1. The summed E-state index contributed by atoms with van der Waals surface area (Å²) in [6, 6.07) is 4.81. The topological polar surface area (TPSA) is 77.2 Å². The van der Waals surface area contributed by atoms with Crippen molar-refractivity contribution in [3.63, 3.8) is 0 Å². The van der Waals surface area contributed by atoms with Crippen LogP contribution in [0.4, 0.5) is 0 Å². The third kappa shape index (κ3) is 3.29. The summed E-state index contributed by atoms with van der Waals surface area (Å²) >= 11 is 0. The molecule has 1 aromatic carbocycles. The average Bonchev–Trinajstić information content (AvgIpc) is 2.81. The first-order chi connectivity index (χ1) is 9.22. The number of unbranched alkanes of at least 4 members (excludes halogenated alkanes) is 1. The molecular weight excluding hydrogens is 246 g/mol. The van der Waals surface area contributed by atoms with Gasteiger partial charge >= 0.3 is 5.97 Å². The van der Waals surface area contributed by atoms with Crippen LogP contribution >= 0.6 is 0 Å². The van der Waals surface area contributed by atoms with Gasteiger partial charge in [-0.25, -0.2) is 9.48 Å². The van der Waals surface area contributed by atoms with Crippen LogP contribution in [0.3, 0.4) is 0 Å². The number of aromatic nitrogens is 3. The Bertz CT molecular complexity index is 565. The van der Waals surface area contributed by atoms with Crippen molar-refractivity contribution in [2.75, 3.05) is 13.2 Å². The highest BCUT2D eigenvalue weighted by molar-refractivity contribution is 5.92. The maximum Gasteiger partial charge on any atom is 0.335 e. The number of hydrogen-bond acceptors (Lipinski definition) is 4. The summed E-state index contributed by atoms with van der Waals surface area (Å²) in [5.41, 5.74) is 1.64. The van der Waals surface area contributed by atoms with Crippen molar-refractivity contribution < 1.29 is 14.6 Å². The molecule has 6 heteroatoms. The summed E-state index contributed by atoms with van der Waals surface area (Å²) in [4.78, 5) is 10.8. The van der Waals surface area contributed by atoms with Crippen LogP contribution < -0.4 is 0 Å². The molecule has 0 aliphatic carbocycles. The Morgan fingerprint density at radius 1 is 1.42 bits per heavy atom. The lowest BCUT2D eigenvalue weighted by Gasteiger charge is -2.04. The lowest BCUT2D eigenvalue weighted by molar-refractivity contribution is 0.0697. The van der Waals surface area contributed by atoms with Crippen LogP contribution in [0.5, 0.6) is 0 Å². The van der Waals surface area contributed by atoms with Crippen LogP contribution in [0.2, 0.25) is 0 Å². The third-order valence-corrected chi connectivity index (χ3v) is 2.85. The molecule has 0 bridgehead atoms. The first-order valence-electron chi connectivity index (χ1n) is 6.36. The minimum absolute atomic E-state index is 0.221. The number of benzene rings is 1. The first-order valence-corrected chi connectivity index (χ1v) is 6.36. The Morgan fingerprint density at radius 3 is 3.00 bits per heavy atom. The molecule has 0 radical (unpaired) electrons. The van der Waals surface area contributed by atoms with E-state index in [4.69, 9.17) is 9.84 Å². The van der Waals surface area contributed by atoms with Gasteiger partial charge in [0.05, 0.1) is 24.2 Å². The van der Waals surface area contributed by atoms with E-state index < -0.39 is 5.97 Å². The van der Waals surface area contributed by atoms with Gasteiger partial charge in [0.1, 0.15) is 5.52 Å². The molecule has 2 rings (SSSR count).